The molecule has 3 atom stereocenters. The molecule has 0 aliphatic carbocycles. The van der Waals surface area contributed by atoms with Crippen LogP contribution in [-0.2, 0) is 14.4 Å². The quantitative estimate of drug-likeness (QED) is 0.345. The summed E-state index contributed by atoms with van der Waals surface area (Å²) in [6.07, 6.45) is -5.98. The lowest BCUT2D eigenvalue weighted by Gasteiger charge is -2.25. The number of methoxy groups -OCH3 is 1. The highest BCUT2D eigenvalue weighted by molar-refractivity contribution is 6.30. The van der Waals surface area contributed by atoms with Gasteiger partial charge in [0.2, 0.25) is 11.7 Å². The molecule has 37 heavy (non-hydrogen) atoms. The first-order valence-corrected chi connectivity index (χ1v) is 12.0. The monoisotopic (exact) mass is 539 g/mol. The van der Waals surface area contributed by atoms with E-state index in [0.29, 0.717) is 21.9 Å². The second kappa shape index (κ2) is 12.9. The minimum atomic E-state index is -5.09. The number of amides is 1. The number of Topliss-reactive ketones (excluding diaryl/α,β-unsaturated/α-hetero) is 3. The Morgan fingerprint density at radius 2 is 1.49 bits per heavy atom. The number of halogens is 4. The maximum atomic E-state index is 13.2. The van der Waals surface area contributed by atoms with Crippen molar-refractivity contribution in [1.82, 2.24) is 5.32 Å². The molecular formula is C27H29ClF3NO5. The lowest BCUT2D eigenvalue weighted by Crippen LogP contribution is -2.40. The van der Waals surface area contributed by atoms with Gasteiger partial charge in [0.15, 0.2) is 11.6 Å². The van der Waals surface area contributed by atoms with Crippen molar-refractivity contribution in [3.63, 3.8) is 0 Å². The average molecular weight is 540 g/mol. The fraction of sp³-hybridized carbons (Fsp3) is 0.407. The van der Waals surface area contributed by atoms with Crippen LogP contribution in [0.1, 0.15) is 55.6 Å². The van der Waals surface area contributed by atoms with Crippen molar-refractivity contribution >= 4 is 34.9 Å². The van der Waals surface area contributed by atoms with Crippen molar-refractivity contribution in [2.75, 3.05) is 7.11 Å². The number of hydrogen-bond acceptors (Lipinski definition) is 5. The molecule has 0 saturated heterocycles. The Balaban J connectivity index is 2.26. The van der Waals surface area contributed by atoms with E-state index in [2.05, 4.69) is 5.32 Å². The maximum Gasteiger partial charge on any atom is 0.450 e. The summed E-state index contributed by atoms with van der Waals surface area (Å²) in [7, 11) is 1.44. The first-order valence-electron chi connectivity index (χ1n) is 11.6. The molecule has 1 amide bonds. The van der Waals surface area contributed by atoms with Gasteiger partial charge in [-0.3, -0.25) is 19.2 Å². The number of alkyl halides is 3. The third kappa shape index (κ3) is 8.42. The zero-order valence-electron chi connectivity index (χ0n) is 20.9. The molecule has 0 fully saturated rings. The largest absolute Gasteiger partial charge is 0.497 e. The fourth-order valence-electron chi connectivity index (χ4n) is 3.73. The van der Waals surface area contributed by atoms with Gasteiger partial charge in [0.25, 0.3) is 0 Å². The van der Waals surface area contributed by atoms with Crippen LogP contribution in [0.2, 0.25) is 5.02 Å². The minimum Gasteiger partial charge on any atom is -0.497 e. The van der Waals surface area contributed by atoms with Crippen LogP contribution in [0.3, 0.4) is 0 Å². The molecule has 2 rings (SSSR count). The molecule has 0 unspecified atom stereocenters. The summed E-state index contributed by atoms with van der Waals surface area (Å²) in [6.45, 7) is 4.35. The van der Waals surface area contributed by atoms with Gasteiger partial charge in [-0.05, 0) is 47.9 Å². The van der Waals surface area contributed by atoms with Crippen LogP contribution in [0.15, 0.2) is 48.5 Å². The van der Waals surface area contributed by atoms with Gasteiger partial charge in [0.1, 0.15) is 11.8 Å². The second-order valence-corrected chi connectivity index (χ2v) is 9.57. The number of rotatable bonds is 12. The summed E-state index contributed by atoms with van der Waals surface area (Å²) in [5.41, 5.74) is 0.662. The molecule has 200 valence electrons. The molecule has 0 aliphatic heterocycles. The Hall–Kier alpha value is -3.20. The van der Waals surface area contributed by atoms with Gasteiger partial charge in [0.05, 0.1) is 7.11 Å². The number of nitrogens with one attached hydrogen (secondary N) is 1. The van der Waals surface area contributed by atoms with Gasteiger partial charge < -0.3 is 10.1 Å². The van der Waals surface area contributed by atoms with Crippen LogP contribution in [0.5, 0.6) is 5.75 Å². The van der Waals surface area contributed by atoms with E-state index in [1.165, 1.54) is 64.3 Å². The maximum absolute atomic E-state index is 13.2. The molecule has 0 radical (unpaired) electrons. The van der Waals surface area contributed by atoms with Crippen LogP contribution in [0, 0.1) is 17.8 Å². The van der Waals surface area contributed by atoms with Crippen LogP contribution in [0.4, 0.5) is 13.2 Å². The molecule has 0 aromatic heterocycles. The van der Waals surface area contributed by atoms with Gasteiger partial charge in [-0.25, -0.2) is 0 Å². The average Bonchev–Trinajstić information content (AvgIpc) is 2.84. The lowest BCUT2D eigenvalue weighted by molar-refractivity contribution is -0.177. The van der Waals surface area contributed by atoms with E-state index >= 15 is 0 Å². The Morgan fingerprint density at radius 1 is 0.919 bits per heavy atom. The van der Waals surface area contributed by atoms with Crippen molar-refractivity contribution in [2.45, 2.75) is 45.8 Å². The summed E-state index contributed by atoms with van der Waals surface area (Å²) < 4.78 is 44.5. The van der Waals surface area contributed by atoms with E-state index < -0.39 is 53.9 Å². The number of carbonyl (C=O) groups excluding carboxylic acids is 4. The molecule has 6 nitrogen and oxygen atoms in total. The Morgan fingerprint density at radius 3 is 1.97 bits per heavy atom. The highest BCUT2D eigenvalue weighted by Crippen LogP contribution is 2.30. The Labute approximate surface area is 218 Å². The molecule has 1 N–H and O–H groups in total. The molecule has 2 aromatic rings. The number of hydrogen-bond donors (Lipinski definition) is 1. The van der Waals surface area contributed by atoms with Crippen LogP contribution >= 0.6 is 11.6 Å². The smallest absolute Gasteiger partial charge is 0.450 e. The van der Waals surface area contributed by atoms with Crippen molar-refractivity contribution in [1.29, 1.82) is 0 Å². The van der Waals surface area contributed by atoms with Gasteiger partial charge >= 0.3 is 6.18 Å². The number of ketones is 3. The lowest BCUT2D eigenvalue weighted by atomic mass is 9.84. The topological polar surface area (TPSA) is 89.5 Å². The number of benzene rings is 2. The summed E-state index contributed by atoms with van der Waals surface area (Å²) in [5, 5.41) is 3.01. The number of ether oxygens (including phenoxy) is 1. The van der Waals surface area contributed by atoms with E-state index in [9.17, 15) is 32.3 Å². The molecular weight excluding hydrogens is 511 g/mol. The van der Waals surface area contributed by atoms with Crippen molar-refractivity contribution in [3.8, 4) is 5.75 Å². The van der Waals surface area contributed by atoms with E-state index in [-0.39, 0.29) is 12.2 Å². The summed E-state index contributed by atoms with van der Waals surface area (Å²) in [5.74, 6) is -6.45. The van der Waals surface area contributed by atoms with Gasteiger partial charge in [-0.1, -0.05) is 44.5 Å². The van der Waals surface area contributed by atoms with Crippen molar-refractivity contribution in [3.05, 3.63) is 64.7 Å². The second-order valence-electron chi connectivity index (χ2n) is 9.13. The van der Waals surface area contributed by atoms with Crippen molar-refractivity contribution < 1.29 is 37.1 Å². The van der Waals surface area contributed by atoms with E-state index in [4.69, 9.17) is 16.3 Å². The van der Waals surface area contributed by atoms with Crippen molar-refractivity contribution in [2.24, 2.45) is 17.8 Å². The normalized spacial score (nSPS) is 14.0. The zero-order valence-corrected chi connectivity index (χ0v) is 21.7. The predicted octanol–water partition coefficient (Wildman–Crippen LogP) is 5.78. The SMILES string of the molecule is COc1ccc([C@H](NC(=O)[C@H](C)CC(=O)c2ccc(Cl)cc2)C(=O)C[C@H](C(=O)C(F)(F)F)C(C)C)cc1. The van der Waals surface area contributed by atoms with E-state index in [1.54, 1.807) is 12.1 Å². The van der Waals surface area contributed by atoms with Gasteiger partial charge in [-0.2, -0.15) is 13.2 Å². The van der Waals surface area contributed by atoms with Crippen LogP contribution in [-0.4, -0.2) is 36.5 Å². The highest BCUT2D eigenvalue weighted by Gasteiger charge is 2.45. The van der Waals surface area contributed by atoms with Crippen LogP contribution in [0.25, 0.3) is 0 Å². The fourth-order valence-corrected chi connectivity index (χ4v) is 3.86. The Kier molecular flexibility index (Phi) is 10.4. The molecule has 0 aliphatic rings. The molecule has 0 spiro atoms. The molecule has 10 heteroatoms. The molecule has 0 heterocycles. The van der Waals surface area contributed by atoms with Gasteiger partial charge in [-0.15, -0.1) is 0 Å². The molecule has 2 aromatic carbocycles. The van der Waals surface area contributed by atoms with Gasteiger partial charge in [0, 0.05) is 35.3 Å². The first kappa shape index (κ1) is 30.0. The summed E-state index contributed by atoms with van der Waals surface area (Å²) in [4.78, 5) is 50.8. The third-order valence-electron chi connectivity index (χ3n) is 6.01. The first-order chi connectivity index (χ1) is 17.2. The summed E-state index contributed by atoms with van der Waals surface area (Å²) in [6, 6.07) is 10.9. The van der Waals surface area contributed by atoms with E-state index in [0.717, 1.165) is 0 Å². The zero-order chi connectivity index (χ0) is 27.9. The number of carbonyl (C=O) groups is 4. The highest BCUT2D eigenvalue weighted by atomic mass is 35.5. The molecule has 0 bridgehead atoms. The summed E-state index contributed by atoms with van der Waals surface area (Å²) >= 11 is 5.84. The molecule has 0 saturated carbocycles. The third-order valence-corrected chi connectivity index (χ3v) is 6.26. The van der Waals surface area contributed by atoms with E-state index in [1.807, 2.05) is 0 Å². The minimum absolute atomic E-state index is 0.168. The Bertz CT molecular complexity index is 1110. The predicted molar refractivity (Wildman–Crippen MR) is 132 cm³/mol. The standard InChI is InChI=1S/C27H29ClF3NO5/c1-15(2)21(25(35)27(29,30)31)14-23(34)24(18-7-11-20(37-4)12-8-18)32-26(36)16(3)13-22(33)17-5-9-19(28)10-6-17/h5-12,15-16,21,24H,13-14H2,1-4H3,(H,32,36)/t16-,21+,24+/m1/s1. The van der Waals surface area contributed by atoms with Crippen LogP contribution < -0.4 is 10.1 Å².